The van der Waals surface area contributed by atoms with Crippen LogP contribution in [0, 0.1) is 17.1 Å². The van der Waals surface area contributed by atoms with E-state index in [1.165, 1.54) is 28.8 Å². The fourth-order valence-electron chi connectivity index (χ4n) is 3.15. The van der Waals surface area contributed by atoms with Crippen molar-refractivity contribution in [3.63, 3.8) is 0 Å². The Balaban J connectivity index is 2.06. The highest BCUT2D eigenvalue weighted by Crippen LogP contribution is 2.12. The molecular formula is C25H14ClFN2O2S. The molecule has 1 aromatic heterocycles. The van der Waals surface area contributed by atoms with Crippen LogP contribution in [0.25, 0.3) is 17.3 Å². The lowest BCUT2D eigenvalue weighted by atomic mass is 10.1. The number of ketones is 1. The Bertz CT molecular complexity index is 1530. The molecule has 32 heavy (non-hydrogen) atoms. The van der Waals surface area contributed by atoms with Crippen LogP contribution in [0.3, 0.4) is 0 Å². The van der Waals surface area contributed by atoms with Crippen LogP contribution in [0.2, 0.25) is 5.02 Å². The standard InChI is InChI=1S/C25H14ClFN2O2S/c26-18-8-4-5-16(13-18)14-22-24(31)29(20-11-9-19(27)10-12-20)25(32-22)21(15-28)23(30)17-6-2-1-3-7-17/h1-14H. The lowest BCUT2D eigenvalue weighted by Crippen LogP contribution is -2.31. The minimum atomic E-state index is -0.500. The van der Waals surface area contributed by atoms with Gasteiger partial charge >= 0.3 is 0 Å². The highest BCUT2D eigenvalue weighted by atomic mass is 35.5. The van der Waals surface area contributed by atoms with Crippen LogP contribution in [-0.2, 0) is 0 Å². The number of nitrogens with zero attached hydrogens (tertiary/aromatic N) is 2. The minimum absolute atomic E-state index is 0.172. The maximum Gasteiger partial charge on any atom is 0.273 e. The fourth-order valence-corrected chi connectivity index (χ4v) is 4.45. The topological polar surface area (TPSA) is 62.9 Å². The van der Waals surface area contributed by atoms with Crippen LogP contribution in [0.15, 0.2) is 83.7 Å². The predicted octanol–water partition coefficient (Wildman–Crippen LogP) is 4.08. The van der Waals surface area contributed by atoms with Gasteiger partial charge in [-0.1, -0.05) is 54.1 Å². The zero-order valence-electron chi connectivity index (χ0n) is 16.5. The molecule has 4 nitrogen and oxygen atoms in total. The highest BCUT2D eigenvalue weighted by Gasteiger charge is 2.18. The Morgan fingerprint density at radius 1 is 1.03 bits per heavy atom. The summed E-state index contributed by atoms with van der Waals surface area (Å²) in [5.74, 6) is -0.964. The van der Waals surface area contributed by atoms with E-state index in [9.17, 15) is 19.2 Å². The summed E-state index contributed by atoms with van der Waals surface area (Å²) < 4.78 is 15.2. The van der Waals surface area contributed by atoms with E-state index < -0.39 is 17.2 Å². The molecule has 0 saturated heterocycles. The van der Waals surface area contributed by atoms with Gasteiger partial charge in [0, 0.05) is 10.6 Å². The van der Waals surface area contributed by atoms with Gasteiger partial charge in [0.15, 0.2) is 0 Å². The first-order valence-electron chi connectivity index (χ1n) is 9.47. The van der Waals surface area contributed by atoms with Gasteiger partial charge in [0.05, 0.1) is 10.2 Å². The first-order chi connectivity index (χ1) is 15.5. The molecule has 0 aliphatic carbocycles. The van der Waals surface area contributed by atoms with Crippen molar-refractivity contribution in [3.8, 4) is 11.8 Å². The molecule has 0 bridgehead atoms. The molecular weight excluding hydrogens is 447 g/mol. The van der Waals surface area contributed by atoms with Crippen molar-refractivity contribution in [1.29, 1.82) is 5.26 Å². The molecule has 7 heteroatoms. The number of hydrogen-bond donors (Lipinski definition) is 0. The Morgan fingerprint density at radius 2 is 1.75 bits per heavy atom. The number of benzene rings is 3. The zero-order chi connectivity index (χ0) is 22.7. The van der Waals surface area contributed by atoms with Crippen molar-refractivity contribution >= 4 is 40.4 Å². The van der Waals surface area contributed by atoms with Crippen molar-refractivity contribution in [1.82, 2.24) is 4.57 Å². The smallest absolute Gasteiger partial charge is 0.273 e. The normalized spacial score (nSPS) is 12.3. The van der Waals surface area contributed by atoms with Crippen LogP contribution in [0.1, 0.15) is 15.9 Å². The van der Waals surface area contributed by atoms with E-state index in [-0.39, 0.29) is 10.2 Å². The van der Waals surface area contributed by atoms with E-state index in [4.69, 9.17) is 11.6 Å². The van der Waals surface area contributed by atoms with E-state index in [1.807, 2.05) is 6.07 Å². The Hall–Kier alpha value is -3.79. The average molecular weight is 461 g/mol. The quantitative estimate of drug-likeness (QED) is 0.431. The number of thiazole rings is 1. The minimum Gasteiger partial charge on any atom is -0.288 e. The number of halogens is 2. The lowest BCUT2D eigenvalue weighted by Gasteiger charge is -2.04. The third kappa shape index (κ3) is 4.30. The molecule has 0 radical (unpaired) electrons. The van der Waals surface area contributed by atoms with Crippen molar-refractivity contribution in [2.45, 2.75) is 0 Å². The second-order valence-electron chi connectivity index (χ2n) is 6.77. The lowest BCUT2D eigenvalue weighted by molar-refractivity contribution is 0.105. The second kappa shape index (κ2) is 9.15. The molecule has 0 aliphatic rings. The van der Waals surface area contributed by atoms with E-state index in [1.54, 1.807) is 60.7 Å². The summed E-state index contributed by atoms with van der Waals surface area (Å²) in [5.41, 5.74) is 0.776. The van der Waals surface area contributed by atoms with Crippen molar-refractivity contribution in [2.75, 3.05) is 0 Å². The molecule has 4 aromatic rings. The monoisotopic (exact) mass is 460 g/mol. The van der Waals surface area contributed by atoms with Crippen LogP contribution >= 0.6 is 22.9 Å². The summed E-state index contributed by atoms with van der Waals surface area (Å²) in [4.78, 5) is 26.4. The van der Waals surface area contributed by atoms with Gasteiger partial charge in [-0.3, -0.25) is 14.2 Å². The van der Waals surface area contributed by atoms with Crippen LogP contribution in [0.5, 0.6) is 0 Å². The summed E-state index contributed by atoms with van der Waals surface area (Å²) >= 11 is 7.07. The molecule has 3 aromatic carbocycles. The van der Waals surface area contributed by atoms with Gasteiger partial charge in [0.2, 0.25) is 5.78 Å². The second-order valence-corrected chi connectivity index (χ2v) is 8.24. The maximum atomic E-state index is 13.5. The van der Waals surface area contributed by atoms with Crippen molar-refractivity contribution in [3.05, 3.63) is 120 Å². The van der Waals surface area contributed by atoms with E-state index >= 15 is 0 Å². The number of rotatable bonds is 4. The van der Waals surface area contributed by atoms with Gasteiger partial charge in [0.25, 0.3) is 5.56 Å². The molecule has 0 fully saturated rings. The van der Waals surface area contributed by atoms with E-state index in [0.717, 1.165) is 11.3 Å². The summed E-state index contributed by atoms with van der Waals surface area (Å²) in [6.07, 6.45) is 1.64. The Kier molecular flexibility index (Phi) is 6.13. The van der Waals surface area contributed by atoms with E-state index in [0.29, 0.717) is 26.4 Å². The zero-order valence-corrected chi connectivity index (χ0v) is 18.0. The number of hydrogen-bond acceptors (Lipinski definition) is 4. The predicted molar refractivity (Wildman–Crippen MR) is 124 cm³/mol. The Morgan fingerprint density at radius 3 is 2.41 bits per heavy atom. The van der Waals surface area contributed by atoms with Gasteiger partial charge in [-0.2, -0.15) is 5.26 Å². The van der Waals surface area contributed by atoms with Crippen LogP contribution in [0.4, 0.5) is 4.39 Å². The number of aromatic nitrogens is 1. The van der Waals surface area contributed by atoms with Gasteiger partial charge < -0.3 is 0 Å². The first kappa shape index (κ1) is 21.4. The molecule has 0 N–H and O–H groups in total. The molecule has 0 atom stereocenters. The summed E-state index contributed by atoms with van der Waals surface area (Å²) in [6, 6.07) is 22.6. The molecule has 1 heterocycles. The molecule has 0 spiro atoms. The van der Waals surface area contributed by atoms with Crippen molar-refractivity contribution < 1.29 is 9.18 Å². The van der Waals surface area contributed by atoms with Crippen LogP contribution in [-0.4, -0.2) is 10.4 Å². The van der Waals surface area contributed by atoms with Gasteiger partial charge in [-0.25, -0.2) is 4.39 Å². The van der Waals surface area contributed by atoms with Crippen LogP contribution < -0.4 is 14.8 Å². The number of nitriles is 1. The molecule has 4 rings (SSSR count). The van der Waals surface area contributed by atoms with Gasteiger partial charge in [0.1, 0.15) is 22.1 Å². The third-order valence-corrected chi connectivity index (χ3v) is 5.97. The first-order valence-corrected chi connectivity index (χ1v) is 10.7. The molecule has 0 amide bonds. The summed E-state index contributed by atoms with van der Waals surface area (Å²) in [7, 11) is 0. The third-order valence-electron chi connectivity index (χ3n) is 4.64. The number of carbonyl (C=O) groups is 1. The summed E-state index contributed by atoms with van der Waals surface area (Å²) in [5, 5.41) is 10.4. The number of Topliss-reactive ketones (excluding diaryl/α,β-unsaturated/α-hetero) is 1. The van der Waals surface area contributed by atoms with Gasteiger partial charge in [-0.05, 0) is 48.0 Å². The highest BCUT2D eigenvalue weighted by molar-refractivity contribution is 7.07. The fraction of sp³-hybridized carbons (Fsp3) is 0. The number of carbonyl (C=O) groups excluding carboxylic acids is 1. The maximum absolute atomic E-state index is 13.5. The van der Waals surface area contributed by atoms with Gasteiger partial charge in [-0.15, -0.1) is 11.3 Å². The SMILES string of the molecule is N#CC(C(=O)c1ccccc1)=c1sc(=Cc2cccc(Cl)c2)c(=O)n1-c1ccc(F)cc1. The van der Waals surface area contributed by atoms with Crippen molar-refractivity contribution in [2.24, 2.45) is 0 Å². The molecule has 0 saturated carbocycles. The van der Waals surface area contributed by atoms with E-state index in [2.05, 4.69) is 0 Å². The molecule has 156 valence electrons. The largest absolute Gasteiger partial charge is 0.288 e. The summed E-state index contributed by atoms with van der Waals surface area (Å²) in [6.45, 7) is 0. The average Bonchev–Trinajstić information content (AvgIpc) is 3.11. The molecule has 0 aliphatic heterocycles. The Labute approximate surface area is 191 Å². The molecule has 0 unspecified atom stereocenters.